The summed E-state index contributed by atoms with van der Waals surface area (Å²) < 4.78 is 16.4. The van der Waals surface area contributed by atoms with Gasteiger partial charge >= 0.3 is 0 Å². The van der Waals surface area contributed by atoms with Gasteiger partial charge in [0.05, 0.1) is 12.4 Å². The summed E-state index contributed by atoms with van der Waals surface area (Å²) in [5.41, 5.74) is 1.79. The molecule has 0 aliphatic rings. The molecule has 26 heavy (non-hydrogen) atoms. The van der Waals surface area contributed by atoms with E-state index in [0.29, 0.717) is 35.2 Å². The van der Waals surface area contributed by atoms with Crippen molar-refractivity contribution in [1.29, 1.82) is 0 Å². The first-order valence-electron chi connectivity index (χ1n) is 7.86. The van der Waals surface area contributed by atoms with Crippen LogP contribution in [0, 0.1) is 0 Å². The van der Waals surface area contributed by atoms with Crippen molar-refractivity contribution in [2.24, 2.45) is 0 Å². The van der Waals surface area contributed by atoms with Crippen LogP contribution in [0.4, 0.5) is 0 Å². The Labute approximate surface area is 157 Å². The lowest BCUT2D eigenvalue weighted by Gasteiger charge is -2.02. The molecule has 0 saturated heterocycles. The van der Waals surface area contributed by atoms with Gasteiger partial charge in [0.1, 0.15) is 5.75 Å². The monoisotopic (exact) mass is 386 g/mol. The van der Waals surface area contributed by atoms with Crippen molar-refractivity contribution in [1.82, 2.24) is 20.3 Å². The first-order valence-corrected chi connectivity index (χ1v) is 9.79. The molecule has 0 aliphatic heterocycles. The quantitative estimate of drug-likeness (QED) is 0.428. The highest BCUT2D eigenvalue weighted by Crippen LogP contribution is 2.27. The first kappa shape index (κ1) is 16.8. The third kappa shape index (κ3) is 3.78. The maximum absolute atomic E-state index is 5.68. The van der Waals surface area contributed by atoms with Crippen LogP contribution in [0.1, 0.15) is 12.8 Å². The molecule has 7 nitrogen and oxygen atoms in total. The number of hydrogen-bond donors (Lipinski definition) is 0. The van der Waals surface area contributed by atoms with E-state index in [2.05, 4.69) is 20.3 Å². The average Bonchev–Trinajstić information content (AvgIpc) is 3.41. The Morgan fingerprint density at radius 3 is 2.77 bits per heavy atom. The molecule has 0 amide bonds. The lowest BCUT2D eigenvalue weighted by molar-refractivity contribution is 0.340. The maximum Gasteiger partial charge on any atom is 0.277 e. The van der Waals surface area contributed by atoms with Crippen LogP contribution >= 0.6 is 23.1 Å². The summed E-state index contributed by atoms with van der Waals surface area (Å²) in [6.45, 7) is 2.58. The fraction of sp³-hybridized carbons (Fsp3) is 0.176. The molecule has 0 aliphatic carbocycles. The number of nitrogens with zero attached hydrogens (tertiary/aromatic N) is 4. The molecule has 0 spiro atoms. The zero-order valence-corrected chi connectivity index (χ0v) is 15.4. The van der Waals surface area contributed by atoms with Crippen LogP contribution in [-0.4, -0.2) is 26.9 Å². The zero-order valence-electron chi connectivity index (χ0n) is 13.8. The first-order chi connectivity index (χ1) is 12.8. The predicted molar refractivity (Wildman–Crippen MR) is 98.1 cm³/mol. The van der Waals surface area contributed by atoms with Gasteiger partial charge < -0.3 is 13.7 Å². The van der Waals surface area contributed by atoms with E-state index in [1.54, 1.807) is 11.3 Å². The van der Waals surface area contributed by atoms with Crippen molar-refractivity contribution < 1.29 is 13.7 Å². The fourth-order valence-electron chi connectivity index (χ4n) is 2.19. The van der Waals surface area contributed by atoms with Gasteiger partial charge in [0.15, 0.2) is 0 Å². The minimum atomic E-state index is 0.448. The van der Waals surface area contributed by atoms with E-state index in [1.165, 1.54) is 11.8 Å². The predicted octanol–water partition coefficient (Wildman–Crippen LogP) is 4.54. The van der Waals surface area contributed by atoms with Crippen molar-refractivity contribution >= 4 is 23.1 Å². The Hall–Kier alpha value is -2.65. The molecule has 3 heterocycles. The van der Waals surface area contributed by atoms with Crippen LogP contribution in [0.3, 0.4) is 0 Å². The van der Waals surface area contributed by atoms with Gasteiger partial charge in [0.25, 0.3) is 5.22 Å². The molecular formula is C17H14N4O3S2. The second-order valence-electron chi connectivity index (χ2n) is 5.14. The molecule has 0 radical (unpaired) electrons. The van der Waals surface area contributed by atoms with Gasteiger partial charge in [-0.25, -0.2) is 0 Å². The third-order valence-electron chi connectivity index (χ3n) is 3.39. The lowest BCUT2D eigenvalue weighted by atomic mass is 10.2. The van der Waals surface area contributed by atoms with Gasteiger partial charge in [0, 0.05) is 16.5 Å². The second kappa shape index (κ2) is 7.71. The van der Waals surface area contributed by atoms with Gasteiger partial charge in [0.2, 0.25) is 17.6 Å². The van der Waals surface area contributed by atoms with E-state index in [-0.39, 0.29) is 0 Å². The standard InChI is InChI=1S/C17H14N4O3S2/c1-2-22-13-5-3-11(4-6-13)16-19-20-17(23-16)26-10-14-18-15(21-24-14)12-7-8-25-9-12/h3-9H,2,10H2,1H3. The molecule has 0 bridgehead atoms. The van der Waals surface area contributed by atoms with E-state index in [0.717, 1.165) is 16.9 Å². The molecule has 1 aromatic carbocycles. The van der Waals surface area contributed by atoms with E-state index < -0.39 is 0 Å². The molecule has 0 saturated carbocycles. The van der Waals surface area contributed by atoms with Crippen LogP contribution in [0.15, 0.2) is 55.3 Å². The van der Waals surface area contributed by atoms with Gasteiger partial charge in [-0.15, -0.1) is 10.2 Å². The Morgan fingerprint density at radius 2 is 2.00 bits per heavy atom. The number of ether oxygens (including phenoxy) is 1. The number of thiophene rings is 1. The highest BCUT2D eigenvalue weighted by molar-refractivity contribution is 7.98. The summed E-state index contributed by atoms with van der Waals surface area (Å²) in [6.07, 6.45) is 0. The third-order valence-corrected chi connectivity index (χ3v) is 4.87. The number of thioether (sulfide) groups is 1. The van der Waals surface area contributed by atoms with Crippen LogP contribution in [0.25, 0.3) is 22.8 Å². The topological polar surface area (TPSA) is 87.1 Å². The molecule has 3 aromatic heterocycles. The summed E-state index contributed by atoms with van der Waals surface area (Å²) in [7, 11) is 0. The second-order valence-corrected chi connectivity index (χ2v) is 6.85. The zero-order chi connectivity index (χ0) is 17.8. The normalized spacial score (nSPS) is 11.0. The summed E-state index contributed by atoms with van der Waals surface area (Å²) >= 11 is 2.94. The van der Waals surface area contributed by atoms with Crippen LogP contribution in [-0.2, 0) is 5.75 Å². The van der Waals surface area contributed by atoms with E-state index in [4.69, 9.17) is 13.7 Å². The Morgan fingerprint density at radius 1 is 1.12 bits per heavy atom. The van der Waals surface area contributed by atoms with Crippen LogP contribution < -0.4 is 4.74 Å². The molecule has 0 atom stereocenters. The minimum absolute atomic E-state index is 0.448. The number of benzene rings is 1. The largest absolute Gasteiger partial charge is 0.494 e. The van der Waals surface area contributed by atoms with Crippen molar-refractivity contribution in [3.8, 4) is 28.6 Å². The highest BCUT2D eigenvalue weighted by Gasteiger charge is 2.13. The Bertz CT molecular complexity index is 964. The molecule has 9 heteroatoms. The number of rotatable bonds is 7. The Balaban J connectivity index is 1.39. The maximum atomic E-state index is 5.68. The van der Waals surface area contributed by atoms with Crippen LogP contribution in [0.5, 0.6) is 5.75 Å². The van der Waals surface area contributed by atoms with Crippen LogP contribution in [0.2, 0.25) is 0 Å². The van der Waals surface area contributed by atoms with E-state index in [1.807, 2.05) is 48.0 Å². The molecule has 4 aromatic rings. The number of aromatic nitrogens is 4. The minimum Gasteiger partial charge on any atom is -0.494 e. The molecule has 0 N–H and O–H groups in total. The average molecular weight is 386 g/mol. The van der Waals surface area contributed by atoms with Crippen molar-refractivity contribution in [3.63, 3.8) is 0 Å². The lowest BCUT2D eigenvalue weighted by Crippen LogP contribution is -1.90. The van der Waals surface area contributed by atoms with Crippen molar-refractivity contribution in [2.45, 2.75) is 17.9 Å². The van der Waals surface area contributed by atoms with Gasteiger partial charge in [-0.1, -0.05) is 16.9 Å². The van der Waals surface area contributed by atoms with Gasteiger partial charge in [-0.2, -0.15) is 16.3 Å². The molecule has 132 valence electrons. The fourth-order valence-corrected chi connectivity index (χ4v) is 3.43. The van der Waals surface area contributed by atoms with E-state index >= 15 is 0 Å². The molecule has 0 fully saturated rings. The summed E-state index contributed by atoms with van der Waals surface area (Å²) in [5, 5.41) is 16.5. The van der Waals surface area contributed by atoms with Gasteiger partial charge in [-0.3, -0.25) is 0 Å². The molecule has 0 unspecified atom stereocenters. The summed E-state index contributed by atoms with van der Waals surface area (Å²) in [6, 6.07) is 9.48. The highest BCUT2D eigenvalue weighted by atomic mass is 32.2. The summed E-state index contributed by atoms with van der Waals surface area (Å²) in [5.74, 6) is 2.82. The van der Waals surface area contributed by atoms with Crippen molar-refractivity contribution in [2.75, 3.05) is 6.61 Å². The molecular weight excluding hydrogens is 372 g/mol. The summed E-state index contributed by atoms with van der Waals surface area (Å²) in [4.78, 5) is 4.36. The number of hydrogen-bond acceptors (Lipinski definition) is 9. The van der Waals surface area contributed by atoms with E-state index in [9.17, 15) is 0 Å². The van der Waals surface area contributed by atoms with Crippen molar-refractivity contribution in [3.05, 3.63) is 47.0 Å². The Kier molecular flexibility index (Phi) is 4.98. The smallest absolute Gasteiger partial charge is 0.277 e. The van der Waals surface area contributed by atoms with Gasteiger partial charge in [-0.05, 0) is 42.6 Å². The SMILES string of the molecule is CCOc1ccc(-c2nnc(SCc3nc(-c4ccsc4)no3)o2)cc1. The molecule has 4 rings (SSSR count).